The SMILES string of the molecule is NC(=O)c1cccc(-c2nc(C(=O)N3CCN(C(c4ccccc4)c4ccccc4)CC3)cs2)c1OC(F)(F)F. The van der Waals surface area contributed by atoms with Crippen molar-refractivity contribution in [1.82, 2.24) is 14.8 Å². The Balaban J connectivity index is 1.34. The van der Waals surface area contributed by atoms with E-state index in [4.69, 9.17) is 5.73 Å². The summed E-state index contributed by atoms with van der Waals surface area (Å²) in [6, 6.07) is 24.3. The van der Waals surface area contributed by atoms with Crippen LogP contribution in [-0.2, 0) is 0 Å². The molecule has 2 amide bonds. The molecule has 2 heterocycles. The highest BCUT2D eigenvalue weighted by Crippen LogP contribution is 2.38. The second kappa shape index (κ2) is 11.5. The molecule has 0 unspecified atom stereocenters. The Bertz CT molecular complexity index is 1450. The van der Waals surface area contributed by atoms with E-state index < -0.39 is 23.6 Å². The van der Waals surface area contributed by atoms with E-state index in [1.807, 2.05) is 36.4 Å². The molecule has 1 saturated heterocycles. The number of nitrogens with two attached hydrogens (primary N) is 1. The molecule has 7 nitrogen and oxygen atoms in total. The average Bonchev–Trinajstić information content (AvgIpc) is 3.44. The van der Waals surface area contributed by atoms with Crippen LogP contribution in [0.1, 0.15) is 38.0 Å². The molecule has 1 aliphatic rings. The zero-order chi connectivity index (χ0) is 28.3. The number of alkyl halides is 3. The van der Waals surface area contributed by atoms with E-state index >= 15 is 0 Å². The number of halogens is 3. The van der Waals surface area contributed by atoms with Crippen LogP contribution in [0.2, 0.25) is 0 Å². The van der Waals surface area contributed by atoms with Crippen molar-refractivity contribution in [2.45, 2.75) is 12.4 Å². The fraction of sp³-hybridized carbons (Fsp3) is 0.207. The zero-order valence-corrected chi connectivity index (χ0v) is 22.0. The van der Waals surface area contributed by atoms with E-state index in [1.165, 1.54) is 17.5 Å². The summed E-state index contributed by atoms with van der Waals surface area (Å²) in [5.74, 6) is -2.13. The van der Waals surface area contributed by atoms with Crippen molar-refractivity contribution in [3.05, 3.63) is 107 Å². The molecular weight excluding hydrogens is 541 g/mol. The Hall–Kier alpha value is -4.22. The molecular formula is C29H25F3N4O3S. The smallest absolute Gasteiger partial charge is 0.404 e. The number of benzene rings is 3. The van der Waals surface area contributed by atoms with Gasteiger partial charge in [0.05, 0.1) is 17.2 Å². The first-order valence-electron chi connectivity index (χ1n) is 12.5. The Morgan fingerprint density at radius 3 is 2.02 bits per heavy atom. The second-order valence-corrected chi connectivity index (χ2v) is 10.0. The van der Waals surface area contributed by atoms with Crippen molar-refractivity contribution in [2.75, 3.05) is 26.2 Å². The van der Waals surface area contributed by atoms with Gasteiger partial charge in [-0.1, -0.05) is 66.7 Å². The molecule has 5 rings (SSSR count). The van der Waals surface area contributed by atoms with Crippen molar-refractivity contribution >= 4 is 23.2 Å². The van der Waals surface area contributed by atoms with Crippen LogP contribution in [0.15, 0.2) is 84.2 Å². The molecule has 0 aliphatic carbocycles. The number of carbonyl (C=O) groups excluding carboxylic acids is 2. The molecule has 1 aromatic heterocycles. The van der Waals surface area contributed by atoms with Gasteiger partial charge in [0.1, 0.15) is 10.7 Å². The van der Waals surface area contributed by atoms with Gasteiger partial charge in [0, 0.05) is 31.6 Å². The molecule has 0 bridgehead atoms. The number of hydrogen-bond donors (Lipinski definition) is 1. The van der Waals surface area contributed by atoms with Gasteiger partial charge in [0.15, 0.2) is 5.75 Å². The molecule has 0 spiro atoms. The fourth-order valence-corrected chi connectivity index (χ4v) is 5.67. The van der Waals surface area contributed by atoms with Crippen LogP contribution < -0.4 is 10.5 Å². The average molecular weight is 567 g/mol. The van der Waals surface area contributed by atoms with E-state index in [0.29, 0.717) is 26.2 Å². The number of para-hydroxylation sites is 1. The number of thiazole rings is 1. The molecule has 40 heavy (non-hydrogen) atoms. The van der Waals surface area contributed by atoms with Gasteiger partial charge < -0.3 is 15.4 Å². The quantitative estimate of drug-likeness (QED) is 0.326. The minimum absolute atomic E-state index is 0.0371. The van der Waals surface area contributed by atoms with Gasteiger partial charge in [-0.25, -0.2) is 4.98 Å². The number of hydrogen-bond acceptors (Lipinski definition) is 6. The van der Waals surface area contributed by atoms with Crippen molar-refractivity contribution in [3.63, 3.8) is 0 Å². The number of ether oxygens (including phenoxy) is 1. The fourth-order valence-electron chi connectivity index (χ4n) is 4.85. The first-order valence-corrected chi connectivity index (χ1v) is 13.4. The molecule has 2 N–H and O–H groups in total. The molecule has 206 valence electrons. The lowest BCUT2D eigenvalue weighted by atomic mass is 9.96. The largest absolute Gasteiger partial charge is 0.573 e. The number of amides is 2. The molecule has 1 aliphatic heterocycles. The molecule has 4 aromatic rings. The zero-order valence-electron chi connectivity index (χ0n) is 21.2. The maximum atomic E-state index is 13.3. The maximum Gasteiger partial charge on any atom is 0.573 e. The maximum absolute atomic E-state index is 13.3. The number of primary amides is 1. The summed E-state index contributed by atoms with van der Waals surface area (Å²) >= 11 is 0.987. The minimum atomic E-state index is -5.05. The Kier molecular flexibility index (Phi) is 7.85. The molecule has 1 fully saturated rings. The van der Waals surface area contributed by atoms with E-state index in [1.54, 1.807) is 4.90 Å². The lowest BCUT2D eigenvalue weighted by molar-refractivity contribution is -0.274. The standard InChI is InChI=1S/C29H25F3N4O3S/c30-29(31,32)39-25-21(26(33)37)12-7-13-22(25)27-34-23(18-40-27)28(38)36-16-14-35(15-17-36)24(19-8-3-1-4-9-19)20-10-5-2-6-11-20/h1-13,18,24H,14-17H2,(H2,33,37). The third-order valence-corrected chi connectivity index (χ3v) is 7.52. The van der Waals surface area contributed by atoms with Crippen LogP contribution in [0.25, 0.3) is 10.6 Å². The van der Waals surface area contributed by atoms with Crippen molar-refractivity contribution in [2.24, 2.45) is 5.73 Å². The van der Waals surface area contributed by atoms with E-state index in [2.05, 4.69) is 38.9 Å². The number of rotatable bonds is 7. The van der Waals surface area contributed by atoms with Gasteiger partial charge >= 0.3 is 6.36 Å². The highest BCUT2D eigenvalue weighted by molar-refractivity contribution is 7.13. The number of piperazine rings is 1. The third-order valence-electron chi connectivity index (χ3n) is 6.65. The Labute approximate surface area is 232 Å². The molecule has 0 radical (unpaired) electrons. The normalized spacial score (nSPS) is 14.3. The van der Waals surface area contributed by atoms with Gasteiger partial charge in [-0.05, 0) is 23.3 Å². The summed E-state index contributed by atoms with van der Waals surface area (Å²) in [6.45, 7) is 2.17. The number of carbonyl (C=O) groups is 2. The van der Waals surface area contributed by atoms with Gasteiger partial charge in [0.2, 0.25) is 0 Å². The van der Waals surface area contributed by atoms with Crippen LogP contribution >= 0.6 is 11.3 Å². The summed E-state index contributed by atoms with van der Waals surface area (Å²) in [5, 5.41) is 1.60. The summed E-state index contributed by atoms with van der Waals surface area (Å²) in [4.78, 5) is 33.4. The summed E-state index contributed by atoms with van der Waals surface area (Å²) in [7, 11) is 0. The van der Waals surface area contributed by atoms with Crippen molar-refractivity contribution < 1.29 is 27.5 Å². The Morgan fingerprint density at radius 2 is 1.48 bits per heavy atom. The van der Waals surface area contributed by atoms with Gasteiger partial charge in [-0.2, -0.15) is 0 Å². The summed E-state index contributed by atoms with van der Waals surface area (Å²) < 4.78 is 43.5. The van der Waals surface area contributed by atoms with Gasteiger partial charge in [-0.3, -0.25) is 14.5 Å². The van der Waals surface area contributed by atoms with E-state index in [0.717, 1.165) is 28.5 Å². The summed E-state index contributed by atoms with van der Waals surface area (Å²) in [6.07, 6.45) is -5.05. The highest BCUT2D eigenvalue weighted by atomic mass is 32.1. The molecule has 0 saturated carbocycles. The number of aromatic nitrogens is 1. The molecule has 11 heteroatoms. The Morgan fingerprint density at radius 1 is 0.875 bits per heavy atom. The highest BCUT2D eigenvalue weighted by Gasteiger charge is 2.35. The lowest BCUT2D eigenvalue weighted by Gasteiger charge is -2.39. The van der Waals surface area contributed by atoms with E-state index in [9.17, 15) is 22.8 Å². The lowest BCUT2D eigenvalue weighted by Crippen LogP contribution is -2.50. The van der Waals surface area contributed by atoms with Crippen LogP contribution in [0.5, 0.6) is 5.75 Å². The summed E-state index contributed by atoms with van der Waals surface area (Å²) in [5.41, 5.74) is 7.20. The minimum Gasteiger partial charge on any atom is -0.404 e. The first-order chi connectivity index (χ1) is 19.2. The van der Waals surface area contributed by atoms with Crippen molar-refractivity contribution in [3.8, 4) is 16.3 Å². The predicted molar refractivity (Wildman–Crippen MR) is 145 cm³/mol. The monoisotopic (exact) mass is 566 g/mol. The molecule has 3 aromatic carbocycles. The van der Waals surface area contributed by atoms with Gasteiger partial charge in [0.25, 0.3) is 11.8 Å². The first kappa shape index (κ1) is 27.4. The van der Waals surface area contributed by atoms with Crippen LogP contribution in [0.4, 0.5) is 13.2 Å². The number of nitrogens with zero attached hydrogens (tertiary/aromatic N) is 3. The van der Waals surface area contributed by atoms with Crippen LogP contribution in [-0.4, -0.2) is 59.1 Å². The van der Waals surface area contributed by atoms with Crippen LogP contribution in [0, 0.1) is 0 Å². The third kappa shape index (κ3) is 6.00. The topological polar surface area (TPSA) is 88.8 Å². The van der Waals surface area contributed by atoms with Crippen LogP contribution in [0.3, 0.4) is 0 Å². The van der Waals surface area contributed by atoms with E-state index in [-0.39, 0.29) is 28.2 Å². The predicted octanol–water partition coefficient (Wildman–Crippen LogP) is 5.36. The second-order valence-electron chi connectivity index (χ2n) is 9.18. The van der Waals surface area contributed by atoms with Gasteiger partial charge in [-0.15, -0.1) is 24.5 Å². The molecule has 0 atom stereocenters. The van der Waals surface area contributed by atoms with Crippen molar-refractivity contribution in [1.29, 1.82) is 0 Å².